The quantitative estimate of drug-likeness (QED) is 0.532. The van der Waals surface area contributed by atoms with Gasteiger partial charge in [-0.25, -0.2) is 0 Å². The Bertz CT molecular complexity index is 12.5. The molecule has 0 heterocycles. The fourth-order valence-electron chi connectivity index (χ4n) is 0. The molecule has 0 atom stereocenters. The summed E-state index contributed by atoms with van der Waals surface area (Å²) in [6.45, 7) is 0. The Labute approximate surface area is 111 Å². The SMILES string of the molecule is [Fe+2].[Fe+2].[Fe+2].[Fe+2].[O-2].[O-2].[O-2].[O-2].[Ti+4]. The first-order chi connectivity index (χ1) is 0. The molecule has 0 bridgehead atoms. The maximum absolute atomic E-state index is 0. The summed E-state index contributed by atoms with van der Waals surface area (Å²) in [5.41, 5.74) is 0. The minimum Gasteiger partial charge on any atom is -2.00 e. The third-order valence-corrected chi connectivity index (χ3v) is 0. The third kappa shape index (κ3) is 114. The summed E-state index contributed by atoms with van der Waals surface area (Å²) in [7, 11) is 0. The van der Waals surface area contributed by atoms with Gasteiger partial charge in [0.1, 0.15) is 0 Å². The van der Waals surface area contributed by atoms with Crippen molar-refractivity contribution in [2.45, 2.75) is 0 Å². The smallest absolute Gasteiger partial charge is 2.00 e. The van der Waals surface area contributed by atoms with Crippen molar-refractivity contribution >= 4 is 0 Å². The molecule has 0 N–H and O–H groups in total. The van der Waals surface area contributed by atoms with E-state index in [0.29, 0.717) is 0 Å². The maximum Gasteiger partial charge on any atom is 4.00 e. The van der Waals surface area contributed by atoms with E-state index in [1.807, 2.05) is 0 Å². The summed E-state index contributed by atoms with van der Waals surface area (Å²) in [6.07, 6.45) is 0. The van der Waals surface area contributed by atoms with Gasteiger partial charge < -0.3 is 21.9 Å². The summed E-state index contributed by atoms with van der Waals surface area (Å²) < 4.78 is 0. The summed E-state index contributed by atoms with van der Waals surface area (Å²) in [5, 5.41) is 0. The van der Waals surface area contributed by atoms with E-state index in [1.165, 1.54) is 0 Å². The molecule has 56 valence electrons. The molecule has 0 aliphatic rings. The van der Waals surface area contributed by atoms with Gasteiger partial charge in [-0.2, -0.15) is 0 Å². The Morgan fingerprint density at radius 3 is 0.333 bits per heavy atom. The monoisotopic (exact) mass is 336 g/mol. The first-order valence-corrected chi connectivity index (χ1v) is 0. The molecule has 0 fully saturated rings. The second-order valence-electron chi connectivity index (χ2n) is 0. The van der Waals surface area contributed by atoms with Crippen molar-refractivity contribution in [1.82, 2.24) is 0 Å². The molecule has 0 rings (SSSR count). The molecule has 9 heteroatoms. The standard InChI is InChI=1S/4Fe.4O.Ti/q4*+2;4*-2;+4. The molecule has 4 nitrogen and oxygen atoms in total. The molecule has 0 spiro atoms. The largest absolute Gasteiger partial charge is 4.00 e. The third-order valence-electron chi connectivity index (χ3n) is 0. The van der Waals surface area contributed by atoms with Crippen LogP contribution >= 0.6 is 0 Å². The van der Waals surface area contributed by atoms with Crippen molar-refractivity contribution in [2.24, 2.45) is 0 Å². The molecule has 9 heavy (non-hydrogen) atoms. The van der Waals surface area contributed by atoms with Gasteiger partial charge in [0.2, 0.25) is 0 Å². The van der Waals surface area contributed by atoms with Gasteiger partial charge in [-0.3, -0.25) is 0 Å². The van der Waals surface area contributed by atoms with Gasteiger partial charge in [0.05, 0.1) is 0 Å². The fraction of sp³-hybridized carbons (Fsp3) is 0. The van der Waals surface area contributed by atoms with Crippen LogP contribution in [-0.2, 0) is 112 Å². The average molecular weight is 335 g/mol. The number of rotatable bonds is 0. The first-order valence-electron chi connectivity index (χ1n) is 0. The minimum atomic E-state index is 0. The van der Waals surface area contributed by atoms with Crippen molar-refractivity contribution in [3.8, 4) is 0 Å². The van der Waals surface area contributed by atoms with Crippen LogP contribution in [0.1, 0.15) is 0 Å². The number of hydrogen-bond acceptors (Lipinski definition) is 0. The van der Waals surface area contributed by atoms with Gasteiger partial charge in [-0.1, -0.05) is 0 Å². The van der Waals surface area contributed by atoms with Gasteiger partial charge >= 0.3 is 90.0 Å². The molecule has 0 aliphatic heterocycles. The van der Waals surface area contributed by atoms with Crippen molar-refractivity contribution in [3.05, 3.63) is 0 Å². The minimum absolute atomic E-state index is 0. The Balaban J connectivity index is 0. The number of hydrogen-bond donors (Lipinski definition) is 0. The molecule has 0 aliphatic carbocycles. The van der Waals surface area contributed by atoms with E-state index in [0.717, 1.165) is 0 Å². The Morgan fingerprint density at radius 1 is 0.333 bits per heavy atom. The Kier molecular flexibility index (Phi) is 3000. The van der Waals surface area contributed by atoms with Crippen LogP contribution < -0.4 is 0 Å². The molecule has 0 aromatic carbocycles. The van der Waals surface area contributed by atoms with Gasteiger partial charge in [0.15, 0.2) is 0 Å². The van der Waals surface area contributed by atoms with Gasteiger partial charge in [0, 0.05) is 0 Å². The van der Waals surface area contributed by atoms with Crippen molar-refractivity contribution in [2.75, 3.05) is 0 Å². The van der Waals surface area contributed by atoms with Crippen molar-refractivity contribution in [3.63, 3.8) is 0 Å². The first kappa shape index (κ1) is 190. The molecule has 0 unspecified atom stereocenters. The van der Waals surface area contributed by atoms with Crippen molar-refractivity contribution < 1.29 is 112 Å². The molecule has 0 aromatic heterocycles. The Hall–Kier alpha value is 2.63. The normalized spacial score (nSPS) is 0. The van der Waals surface area contributed by atoms with E-state index in [2.05, 4.69) is 0 Å². The summed E-state index contributed by atoms with van der Waals surface area (Å²) in [6, 6.07) is 0. The van der Waals surface area contributed by atoms with Crippen LogP contribution in [0.15, 0.2) is 0 Å². The predicted octanol–water partition coefficient (Wildman–Crippen LogP) is -0.488. The summed E-state index contributed by atoms with van der Waals surface area (Å²) in [4.78, 5) is 0. The maximum atomic E-state index is 0. The molecule has 0 aromatic rings. The molecule has 0 saturated carbocycles. The zero-order valence-corrected chi connectivity index (χ0v) is 9.53. The van der Waals surface area contributed by atoms with Gasteiger partial charge in [-0.05, 0) is 0 Å². The predicted molar refractivity (Wildman–Crippen MR) is 2.75 cm³/mol. The molecular weight excluding hydrogens is 335 g/mol. The van der Waals surface area contributed by atoms with Crippen LogP contribution in [0.5, 0.6) is 0 Å². The van der Waals surface area contributed by atoms with Crippen molar-refractivity contribution in [1.29, 1.82) is 0 Å². The molecule has 0 radical (unpaired) electrons. The van der Waals surface area contributed by atoms with Gasteiger partial charge in [-0.15, -0.1) is 0 Å². The van der Waals surface area contributed by atoms with Crippen LogP contribution in [0.25, 0.3) is 0 Å². The van der Waals surface area contributed by atoms with Crippen LogP contribution in [0.2, 0.25) is 0 Å². The second-order valence-corrected chi connectivity index (χ2v) is 0. The molecular formula is Fe4O4Ti+4. The Morgan fingerprint density at radius 2 is 0.333 bits per heavy atom. The fourth-order valence-corrected chi connectivity index (χ4v) is 0. The second kappa shape index (κ2) is 142. The van der Waals surface area contributed by atoms with E-state index in [-0.39, 0.29) is 112 Å². The summed E-state index contributed by atoms with van der Waals surface area (Å²) in [5.74, 6) is 0. The van der Waals surface area contributed by atoms with E-state index in [4.69, 9.17) is 0 Å². The van der Waals surface area contributed by atoms with Crippen LogP contribution in [0, 0.1) is 0 Å². The zero-order chi connectivity index (χ0) is 0. The average Bonchev–Trinajstić information content (AvgIpc) is 0. The van der Waals surface area contributed by atoms with Crippen LogP contribution in [0.4, 0.5) is 0 Å². The van der Waals surface area contributed by atoms with Crippen LogP contribution in [-0.4, -0.2) is 0 Å². The van der Waals surface area contributed by atoms with E-state index in [1.54, 1.807) is 0 Å². The van der Waals surface area contributed by atoms with Crippen LogP contribution in [0.3, 0.4) is 0 Å². The molecule has 0 amide bonds. The zero-order valence-electron chi connectivity index (χ0n) is 3.55. The van der Waals surface area contributed by atoms with E-state index in [9.17, 15) is 0 Å². The molecule has 0 saturated heterocycles. The summed E-state index contributed by atoms with van der Waals surface area (Å²) >= 11 is 0. The topological polar surface area (TPSA) is 114 Å². The van der Waals surface area contributed by atoms with Gasteiger partial charge in [0.25, 0.3) is 0 Å². The van der Waals surface area contributed by atoms with E-state index < -0.39 is 0 Å². The van der Waals surface area contributed by atoms with E-state index >= 15 is 0 Å².